The third-order valence-electron chi connectivity index (χ3n) is 2.74. The highest BCUT2D eigenvalue weighted by molar-refractivity contribution is 7.89. The highest BCUT2D eigenvalue weighted by Crippen LogP contribution is 2.17. The SMILES string of the molecule is COCCN(CCC(=O)OC)S(=O)(=O)c1cn[nH]c1C. The van der Waals surface area contributed by atoms with Gasteiger partial charge in [-0.1, -0.05) is 0 Å². The number of sulfonamides is 1. The molecule has 20 heavy (non-hydrogen) atoms. The minimum absolute atomic E-state index is 0.0175. The number of nitrogens with one attached hydrogen (secondary N) is 1. The number of hydrogen-bond donors (Lipinski definition) is 1. The first-order chi connectivity index (χ1) is 9.43. The molecule has 0 aliphatic carbocycles. The van der Waals surface area contributed by atoms with Gasteiger partial charge in [0.1, 0.15) is 4.90 Å². The fraction of sp³-hybridized carbons (Fsp3) is 0.636. The molecule has 0 aliphatic rings. The lowest BCUT2D eigenvalue weighted by Crippen LogP contribution is -2.36. The summed E-state index contributed by atoms with van der Waals surface area (Å²) in [4.78, 5) is 11.3. The molecule has 0 saturated carbocycles. The van der Waals surface area contributed by atoms with E-state index in [0.717, 1.165) is 0 Å². The molecule has 0 spiro atoms. The van der Waals surface area contributed by atoms with Crippen molar-refractivity contribution < 1.29 is 22.7 Å². The van der Waals surface area contributed by atoms with Crippen molar-refractivity contribution in [2.24, 2.45) is 0 Å². The Bertz CT molecular complexity index is 540. The molecule has 1 N–H and O–H groups in total. The number of carbonyl (C=O) groups is 1. The van der Waals surface area contributed by atoms with Gasteiger partial charge in [0.05, 0.1) is 32.0 Å². The van der Waals surface area contributed by atoms with Crippen molar-refractivity contribution in [1.82, 2.24) is 14.5 Å². The molecule has 0 bridgehead atoms. The zero-order valence-corrected chi connectivity index (χ0v) is 12.6. The van der Waals surface area contributed by atoms with E-state index in [9.17, 15) is 13.2 Å². The van der Waals surface area contributed by atoms with Crippen LogP contribution in [-0.2, 0) is 24.3 Å². The van der Waals surface area contributed by atoms with E-state index in [4.69, 9.17) is 4.74 Å². The molecular weight excluding hydrogens is 286 g/mol. The van der Waals surface area contributed by atoms with Crippen LogP contribution in [0, 0.1) is 6.92 Å². The summed E-state index contributed by atoms with van der Waals surface area (Å²) in [7, 11) is -0.972. The number of nitrogens with zero attached hydrogens (tertiary/aromatic N) is 2. The molecule has 0 unspecified atom stereocenters. The van der Waals surface area contributed by atoms with Crippen molar-refractivity contribution >= 4 is 16.0 Å². The normalized spacial score (nSPS) is 11.8. The van der Waals surface area contributed by atoms with Gasteiger partial charge in [0.15, 0.2) is 0 Å². The number of ether oxygens (including phenoxy) is 2. The number of carbonyl (C=O) groups excluding carboxylic acids is 1. The van der Waals surface area contributed by atoms with E-state index in [-0.39, 0.29) is 31.0 Å². The van der Waals surface area contributed by atoms with E-state index in [1.54, 1.807) is 6.92 Å². The van der Waals surface area contributed by atoms with Crippen LogP contribution in [0.5, 0.6) is 0 Å². The number of H-pyrrole nitrogens is 1. The molecule has 0 atom stereocenters. The molecule has 0 aliphatic heterocycles. The molecule has 1 aromatic heterocycles. The van der Waals surface area contributed by atoms with Crippen molar-refractivity contribution in [3.8, 4) is 0 Å². The zero-order chi connectivity index (χ0) is 15.2. The number of hydrogen-bond acceptors (Lipinski definition) is 6. The van der Waals surface area contributed by atoms with E-state index in [2.05, 4.69) is 14.9 Å². The van der Waals surface area contributed by atoms with Gasteiger partial charge in [0.25, 0.3) is 0 Å². The number of rotatable bonds is 8. The standard InChI is InChI=1S/C11H19N3O5S/c1-9-10(8-12-13-9)20(16,17)14(6-7-18-2)5-4-11(15)19-3/h8H,4-7H2,1-3H3,(H,12,13). The largest absolute Gasteiger partial charge is 0.469 e. The minimum Gasteiger partial charge on any atom is -0.469 e. The second-order valence-electron chi connectivity index (χ2n) is 4.08. The maximum absolute atomic E-state index is 12.5. The third kappa shape index (κ3) is 4.02. The smallest absolute Gasteiger partial charge is 0.306 e. The third-order valence-corrected chi connectivity index (χ3v) is 4.75. The first-order valence-corrected chi connectivity index (χ1v) is 7.43. The lowest BCUT2D eigenvalue weighted by molar-refractivity contribution is -0.140. The number of aromatic nitrogens is 2. The van der Waals surface area contributed by atoms with Crippen molar-refractivity contribution in [1.29, 1.82) is 0 Å². The summed E-state index contributed by atoms with van der Waals surface area (Å²) in [6, 6.07) is 0. The van der Waals surface area contributed by atoms with Gasteiger partial charge in [0, 0.05) is 20.2 Å². The van der Waals surface area contributed by atoms with Gasteiger partial charge in [-0.3, -0.25) is 9.89 Å². The Morgan fingerprint density at radius 2 is 2.10 bits per heavy atom. The van der Waals surface area contributed by atoms with Crippen LogP contribution in [0.25, 0.3) is 0 Å². The molecule has 1 aromatic rings. The summed E-state index contributed by atoms with van der Waals surface area (Å²) in [6.07, 6.45) is 1.24. The van der Waals surface area contributed by atoms with Gasteiger partial charge in [-0.15, -0.1) is 0 Å². The highest BCUT2D eigenvalue weighted by Gasteiger charge is 2.27. The van der Waals surface area contributed by atoms with Crippen molar-refractivity contribution in [2.45, 2.75) is 18.2 Å². The van der Waals surface area contributed by atoms with E-state index in [0.29, 0.717) is 5.69 Å². The minimum atomic E-state index is -3.71. The Hall–Kier alpha value is -1.45. The molecule has 0 saturated heterocycles. The van der Waals surface area contributed by atoms with Gasteiger partial charge in [0.2, 0.25) is 10.0 Å². The Morgan fingerprint density at radius 1 is 1.40 bits per heavy atom. The Labute approximate surface area is 118 Å². The summed E-state index contributed by atoms with van der Waals surface area (Å²) < 4.78 is 35.6. The van der Waals surface area contributed by atoms with Crippen LogP contribution in [0.1, 0.15) is 12.1 Å². The molecule has 114 valence electrons. The van der Waals surface area contributed by atoms with Crippen LogP contribution in [0.2, 0.25) is 0 Å². The van der Waals surface area contributed by atoms with Crippen LogP contribution in [-0.4, -0.2) is 62.8 Å². The second-order valence-corrected chi connectivity index (χ2v) is 5.99. The van der Waals surface area contributed by atoms with Crippen LogP contribution < -0.4 is 0 Å². The maximum Gasteiger partial charge on any atom is 0.306 e. The average molecular weight is 305 g/mol. The summed E-state index contributed by atoms with van der Waals surface area (Å²) in [5.74, 6) is -0.466. The first-order valence-electron chi connectivity index (χ1n) is 5.99. The average Bonchev–Trinajstić information content (AvgIpc) is 2.85. The maximum atomic E-state index is 12.5. The topological polar surface area (TPSA) is 102 Å². The van der Waals surface area contributed by atoms with Crippen molar-refractivity contribution in [3.05, 3.63) is 11.9 Å². The Kier molecular flexibility index (Phi) is 6.11. The quantitative estimate of drug-likeness (QED) is 0.674. The highest BCUT2D eigenvalue weighted by atomic mass is 32.2. The number of esters is 1. The lowest BCUT2D eigenvalue weighted by atomic mass is 10.4. The first kappa shape index (κ1) is 16.6. The van der Waals surface area contributed by atoms with Gasteiger partial charge in [-0.25, -0.2) is 8.42 Å². The summed E-state index contributed by atoms with van der Waals surface area (Å²) >= 11 is 0. The molecule has 1 heterocycles. The van der Waals surface area contributed by atoms with Crippen LogP contribution >= 0.6 is 0 Å². The van der Waals surface area contributed by atoms with Gasteiger partial charge >= 0.3 is 5.97 Å². The summed E-state index contributed by atoms with van der Waals surface area (Å²) in [5.41, 5.74) is 0.450. The number of methoxy groups -OCH3 is 2. The number of aryl methyl sites for hydroxylation is 1. The molecule has 8 nitrogen and oxygen atoms in total. The van der Waals surface area contributed by atoms with E-state index in [1.165, 1.54) is 24.7 Å². The predicted molar refractivity (Wildman–Crippen MR) is 70.6 cm³/mol. The molecule has 9 heteroatoms. The van der Waals surface area contributed by atoms with Gasteiger partial charge in [-0.2, -0.15) is 9.40 Å². The van der Waals surface area contributed by atoms with Gasteiger partial charge < -0.3 is 9.47 Å². The Morgan fingerprint density at radius 3 is 2.60 bits per heavy atom. The van der Waals surface area contributed by atoms with Crippen molar-refractivity contribution in [2.75, 3.05) is 33.9 Å². The lowest BCUT2D eigenvalue weighted by Gasteiger charge is -2.20. The van der Waals surface area contributed by atoms with E-state index < -0.39 is 16.0 Å². The molecular formula is C11H19N3O5S. The molecule has 0 amide bonds. The predicted octanol–water partition coefficient (Wildman–Crippen LogP) is -0.0817. The summed E-state index contributed by atoms with van der Waals surface area (Å²) in [5, 5.41) is 6.29. The molecule has 1 rings (SSSR count). The molecule has 0 radical (unpaired) electrons. The monoisotopic (exact) mass is 305 g/mol. The molecule has 0 fully saturated rings. The van der Waals surface area contributed by atoms with Crippen LogP contribution in [0.15, 0.2) is 11.1 Å². The fourth-order valence-corrected chi connectivity index (χ4v) is 3.15. The summed E-state index contributed by atoms with van der Waals surface area (Å²) in [6.45, 7) is 2.04. The van der Waals surface area contributed by atoms with Crippen molar-refractivity contribution in [3.63, 3.8) is 0 Å². The van der Waals surface area contributed by atoms with E-state index in [1.807, 2.05) is 0 Å². The number of aromatic amines is 1. The van der Waals surface area contributed by atoms with Gasteiger partial charge in [-0.05, 0) is 6.92 Å². The zero-order valence-electron chi connectivity index (χ0n) is 11.7. The van der Waals surface area contributed by atoms with Crippen LogP contribution in [0.3, 0.4) is 0 Å². The fourth-order valence-electron chi connectivity index (χ4n) is 1.60. The van der Waals surface area contributed by atoms with E-state index >= 15 is 0 Å². The molecule has 0 aromatic carbocycles. The Balaban J connectivity index is 2.91. The second kappa shape index (κ2) is 7.36. The van der Waals surface area contributed by atoms with Crippen LogP contribution in [0.4, 0.5) is 0 Å².